The lowest BCUT2D eigenvalue weighted by atomic mass is 9.80. The van der Waals surface area contributed by atoms with Crippen molar-refractivity contribution in [3.63, 3.8) is 0 Å². The number of aromatic nitrogens is 2. The zero-order valence-corrected chi connectivity index (χ0v) is 18.8. The number of aromatic amines is 1. The average Bonchev–Trinajstić information content (AvgIpc) is 2.97. The number of halogens is 2. The van der Waals surface area contributed by atoms with Gasteiger partial charge in [-0.25, -0.2) is 9.38 Å². The number of allylic oxidation sites excluding steroid dienone is 4. The molecule has 0 fully saturated rings. The highest BCUT2D eigenvalue weighted by molar-refractivity contribution is 6.33. The summed E-state index contributed by atoms with van der Waals surface area (Å²) in [6.45, 7) is 10.6. The van der Waals surface area contributed by atoms with E-state index in [0.717, 1.165) is 34.8 Å². The molecule has 158 valence electrons. The van der Waals surface area contributed by atoms with E-state index in [1.807, 2.05) is 25.1 Å². The molecular weight excluding hydrogens is 399 g/mol. The van der Waals surface area contributed by atoms with Crippen molar-refractivity contribution in [2.45, 2.75) is 47.0 Å². The van der Waals surface area contributed by atoms with Crippen LogP contribution in [0.5, 0.6) is 0 Å². The van der Waals surface area contributed by atoms with E-state index in [0.29, 0.717) is 28.2 Å². The summed E-state index contributed by atoms with van der Waals surface area (Å²) in [5.41, 5.74) is 4.63. The van der Waals surface area contributed by atoms with Crippen LogP contribution in [0, 0.1) is 30.5 Å². The number of anilines is 2. The summed E-state index contributed by atoms with van der Waals surface area (Å²) in [5, 5.41) is 11.5. The van der Waals surface area contributed by atoms with Gasteiger partial charge in [0, 0.05) is 22.2 Å². The molecule has 1 aliphatic heterocycles. The average molecular weight is 427 g/mol. The molecule has 0 radical (unpaired) electrons. The highest BCUT2D eigenvalue weighted by Gasteiger charge is 2.30. The van der Waals surface area contributed by atoms with E-state index in [2.05, 4.69) is 49.3 Å². The Hall–Kier alpha value is -2.40. The minimum Gasteiger partial charge on any atom is -0.336 e. The monoisotopic (exact) mass is 426 g/mol. The molecule has 2 heterocycles. The Morgan fingerprint density at radius 2 is 1.97 bits per heavy atom. The van der Waals surface area contributed by atoms with Crippen molar-refractivity contribution in [2.75, 3.05) is 5.32 Å². The molecule has 3 atom stereocenters. The molecule has 0 saturated carbocycles. The maximum absolute atomic E-state index is 15.4. The first kappa shape index (κ1) is 20.9. The van der Waals surface area contributed by atoms with Crippen molar-refractivity contribution in [1.29, 1.82) is 0 Å². The fourth-order valence-electron chi connectivity index (χ4n) is 4.18. The second-order valence-corrected chi connectivity index (χ2v) is 9.18. The van der Waals surface area contributed by atoms with E-state index in [1.54, 1.807) is 6.07 Å². The molecule has 0 bridgehead atoms. The normalized spacial score (nSPS) is 19.9. The SMILES string of the molecule is Cc1[nH]nc2c1N=C(C1CC=CC=C1Cl)c1cc(F)c([C@@H](C)C(C)C(C)C)cc1N2. The Labute approximate surface area is 182 Å². The molecule has 1 aromatic carbocycles. The Bertz CT molecular complexity index is 1060. The number of hydrogen-bond acceptors (Lipinski definition) is 3. The van der Waals surface area contributed by atoms with E-state index in [9.17, 15) is 0 Å². The molecule has 1 aliphatic carbocycles. The van der Waals surface area contributed by atoms with Crippen LogP contribution < -0.4 is 5.32 Å². The largest absolute Gasteiger partial charge is 0.336 e. The van der Waals surface area contributed by atoms with Crippen molar-refractivity contribution in [1.82, 2.24) is 10.2 Å². The zero-order valence-electron chi connectivity index (χ0n) is 18.1. The molecule has 4 nitrogen and oxygen atoms in total. The van der Waals surface area contributed by atoms with Gasteiger partial charge in [0.2, 0.25) is 0 Å². The number of nitrogens with zero attached hydrogens (tertiary/aromatic N) is 2. The summed E-state index contributed by atoms with van der Waals surface area (Å²) >= 11 is 6.57. The predicted octanol–water partition coefficient (Wildman–Crippen LogP) is 7.13. The van der Waals surface area contributed by atoms with E-state index < -0.39 is 0 Å². The molecule has 0 saturated heterocycles. The third kappa shape index (κ3) is 3.60. The summed E-state index contributed by atoms with van der Waals surface area (Å²) in [7, 11) is 0. The van der Waals surface area contributed by atoms with Crippen molar-refractivity contribution in [3.05, 3.63) is 58.0 Å². The molecule has 2 aliphatic rings. The molecule has 1 aromatic heterocycles. The summed E-state index contributed by atoms with van der Waals surface area (Å²) in [6, 6.07) is 3.55. The first-order chi connectivity index (χ1) is 14.3. The van der Waals surface area contributed by atoms with Gasteiger partial charge in [-0.1, -0.05) is 51.4 Å². The van der Waals surface area contributed by atoms with Crippen LogP contribution in [-0.2, 0) is 0 Å². The van der Waals surface area contributed by atoms with Crippen LogP contribution in [0.3, 0.4) is 0 Å². The van der Waals surface area contributed by atoms with E-state index >= 15 is 4.39 Å². The maximum atomic E-state index is 15.4. The summed E-state index contributed by atoms with van der Waals surface area (Å²) in [5.74, 6) is 1.23. The van der Waals surface area contributed by atoms with Crippen LogP contribution in [0.4, 0.5) is 21.6 Å². The Balaban J connectivity index is 1.88. The number of H-pyrrole nitrogens is 1. The predicted molar refractivity (Wildman–Crippen MR) is 123 cm³/mol. The van der Waals surface area contributed by atoms with E-state index in [4.69, 9.17) is 16.6 Å². The van der Waals surface area contributed by atoms with Crippen LogP contribution in [0.2, 0.25) is 0 Å². The quantitative estimate of drug-likeness (QED) is 0.546. The standard InChI is InChI=1S/C24H28ClFN4/c1-12(2)13(3)14(4)17-11-21-18(10-20(17)26)23(16-8-6-7-9-19(16)25)28-22-15(5)29-30-24(22)27-21/h6-7,9-14,16H,8H2,1-5H3,(H2,27,29,30)/t13?,14-,16?/m0/s1. The maximum Gasteiger partial charge on any atom is 0.178 e. The fraction of sp³-hybridized carbons (Fsp3) is 0.417. The van der Waals surface area contributed by atoms with Gasteiger partial charge in [0.25, 0.3) is 0 Å². The molecule has 6 heteroatoms. The zero-order chi connectivity index (χ0) is 21.6. The number of nitrogens with one attached hydrogen (secondary N) is 2. The van der Waals surface area contributed by atoms with Crippen molar-refractivity contribution in [2.24, 2.45) is 22.7 Å². The van der Waals surface area contributed by atoms with Crippen molar-refractivity contribution < 1.29 is 4.39 Å². The first-order valence-electron chi connectivity index (χ1n) is 10.5. The minimum absolute atomic E-state index is 0.0854. The first-order valence-corrected chi connectivity index (χ1v) is 10.9. The third-order valence-electron chi connectivity index (χ3n) is 6.57. The van der Waals surface area contributed by atoms with Crippen molar-refractivity contribution >= 4 is 34.5 Å². The highest BCUT2D eigenvalue weighted by atomic mass is 35.5. The van der Waals surface area contributed by atoms with Crippen molar-refractivity contribution in [3.8, 4) is 0 Å². The van der Waals surface area contributed by atoms with Gasteiger partial charge in [-0.2, -0.15) is 5.10 Å². The van der Waals surface area contributed by atoms with Gasteiger partial charge in [0.05, 0.1) is 11.4 Å². The lowest BCUT2D eigenvalue weighted by molar-refractivity contribution is 0.355. The lowest BCUT2D eigenvalue weighted by Crippen LogP contribution is -2.19. The summed E-state index contributed by atoms with van der Waals surface area (Å²) in [4.78, 5) is 4.93. The Morgan fingerprint density at radius 1 is 1.20 bits per heavy atom. The highest BCUT2D eigenvalue weighted by Crippen LogP contribution is 2.42. The lowest BCUT2D eigenvalue weighted by Gasteiger charge is -2.26. The molecule has 30 heavy (non-hydrogen) atoms. The molecule has 4 rings (SSSR count). The Kier molecular flexibility index (Phi) is 5.58. The molecule has 2 unspecified atom stereocenters. The van der Waals surface area contributed by atoms with Gasteiger partial charge >= 0.3 is 0 Å². The topological polar surface area (TPSA) is 53.1 Å². The smallest absolute Gasteiger partial charge is 0.178 e. The number of fused-ring (bicyclic) bond motifs is 2. The van der Waals surface area contributed by atoms with E-state index in [1.165, 1.54) is 0 Å². The Morgan fingerprint density at radius 3 is 2.67 bits per heavy atom. The second kappa shape index (κ2) is 8.03. The van der Waals surface area contributed by atoms with Crippen LogP contribution >= 0.6 is 11.6 Å². The van der Waals surface area contributed by atoms with Gasteiger partial charge in [0.1, 0.15) is 11.5 Å². The third-order valence-corrected chi connectivity index (χ3v) is 6.96. The fourth-order valence-corrected chi connectivity index (χ4v) is 4.45. The van der Waals surface area contributed by atoms with Crippen LogP contribution in [0.25, 0.3) is 0 Å². The van der Waals surface area contributed by atoms with Gasteiger partial charge < -0.3 is 5.32 Å². The molecule has 2 aromatic rings. The van der Waals surface area contributed by atoms with Crippen LogP contribution in [0.1, 0.15) is 56.9 Å². The van der Waals surface area contributed by atoms with E-state index in [-0.39, 0.29) is 17.7 Å². The summed E-state index contributed by atoms with van der Waals surface area (Å²) < 4.78 is 15.4. The van der Waals surface area contributed by atoms with Gasteiger partial charge in [-0.05, 0) is 54.9 Å². The van der Waals surface area contributed by atoms with Gasteiger partial charge in [-0.3, -0.25) is 5.10 Å². The van der Waals surface area contributed by atoms with Gasteiger partial charge in [0.15, 0.2) is 5.82 Å². The number of aryl methyl sites for hydroxylation is 1. The number of hydrogen-bond donors (Lipinski definition) is 2. The molecular formula is C24H28ClFN4. The summed E-state index contributed by atoms with van der Waals surface area (Å²) in [6.07, 6.45) is 6.63. The van der Waals surface area contributed by atoms with Gasteiger partial charge in [-0.15, -0.1) is 0 Å². The number of benzene rings is 1. The van der Waals surface area contributed by atoms with Crippen LogP contribution in [-0.4, -0.2) is 15.9 Å². The van der Waals surface area contributed by atoms with Crippen LogP contribution in [0.15, 0.2) is 40.4 Å². The number of rotatable bonds is 4. The minimum atomic E-state index is -0.201. The second-order valence-electron chi connectivity index (χ2n) is 8.75. The molecule has 2 N–H and O–H groups in total. The number of aliphatic imine (C=N–C) groups is 1. The molecule has 0 spiro atoms. The molecule has 0 amide bonds.